The summed E-state index contributed by atoms with van der Waals surface area (Å²) >= 11 is 1.71. The van der Waals surface area contributed by atoms with Crippen molar-refractivity contribution in [3.8, 4) is 0 Å². The molecule has 3 heterocycles. The van der Waals surface area contributed by atoms with Gasteiger partial charge in [-0.15, -0.1) is 16.4 Å². The van der Waals surface area contributed by atoms with E-state index in [9.17, 15) is 4.79 Å². The summed E-state index contributed by atoms with van der Waals surface area (Å²) in [5.41, 5.74) is 1.41. The fourth-order valence-electron chi connectivity index (χ4n) is 3.56. The number of amides is 1. The lowest BCUT2D eigenvalue weighted by atomic mass is 9.99. The average molecular weight is 342 g/mol. The normalized spacial score (nSPS) is 18.2. The maximum atomic E-state index is 12.9. The fourth-order valence-corrected chi connectivity index (χ4v) is 4.79. The van der Waals surface area contributed by atoms with Gasteiger partial charge in [0.05, 0.1) is 4.88 Å². The number of hydrogen-bond donors (Lipinski definition) is 0. The molecule has 126 valence electrons. The highest BCUT2D eigenvalue weighted by Gasteiger charge is 2.24. The van der Waals surface area contributed by atoms with Crippen LogP contribution >= 0.6 is 11.3 Å². The lowest BCUT2D eigenvalue weighted by Gasteiger charge is -2.22. The fraction of sp³-hybridized carbons (Fsp3) is 0.500. The van der Waals surface area contributed by atoms with E-state index in [1.165, 1.54) is 23.3 Å². The summed E-state index contributed by atoms with van der Waals surface area (Å²) in [6, 6.07) is 6.04. The molecule has 0 spiro atoms. The van der Waals surface area contributed by atoms with Gasteiger partial charge in [0, 0.05) is 37.3 Å². The Morgan fingerprint density at radius 3 is 2.83 bits per heavy atom. The van der Waals surface area contributed by atoms with Crippen LogP contribution in [0.2, 0.25) is 0 Å². The highest BCUT2D eigenvalue weighted by Crippen LogP contribution is 2.30. The van der Waals surface area contributed by atoms with Crippen LogP contribution in [0.5, 0.6) is 0 Å². The second-order valence-corrected chi connectivity index (χ2v) is 7.62. The van der Waals surface area contributed by atoms with Crippen LogP contribution in [-0.2, 0) is 12.8 Å². The number of rotatable bonds is 2. The van der Waals surface area contributed by atoms with Crippen molar-refractivity contribution in [2.24, 2.45) is 0 Å². The van der Waals surface area contributed by atoms with Crippen molar-refractivity contribution in [1.82, 2.24) is 15.1 Å². The Balaban J connectivity index is 1.45. The van der Waals surface area contributed by atoms with E-state index in [0.717, 1.165) is 56.1 Å². The molecule has 2 aromatic heterocycles. The standard InChI is InChI=1S/C18H22N4OS/c23-18(16-13-14-5-1-2-6-15(14)24-16)22-10-4-9-21(11-12-22)17-7-3-8-19-20-17/h3,7-8,13H,1-2,4-6,9-12H2. The Morgan fingerprint density at radius 2 is 2.00 bits per heavy atom. The third kappa shape index (κ3) is 3.15. The Labute approximate surface area is 146 Å². The molecule has 24 heavy (non-hydrogen) atoms. The van der Waals surface area contributed by atoms with Crippen LogP contribution in [0.4, 0.5) is 5.82 Å². The molecule has 5 nitrogen and oxygen atoms in total. The zero-order valence-electron chi connectivity index (χ0n) is 13.8. The zero-order valence-corrected chi connectivity index (χ0v) is 14.6. The van der Waals surface area contributed by atoms with Crippen molar-refractivity contribution in [3.63, 3.8) is 0 Å². The molecule has 2 aliphatic rings. The van der Waals surface area contributed by atoms with Crippen LogP contribution in [0.3, 0.4) is 0 Å². The number of fused-ring (bicyclic) bond motifs is 1. The molecule has 1 aliphatic carbocycles. The monoisotopic (exact) mass is 342 g/mol. The zero-order chi connectivity index (χ0) is 16.4. The smallest absolute Gasteiger partial charge is 0.263 e. The molecule has 0 atom stereocenters. The molecule has 1 saturated heterocycles. The number of carbonyl (C=O) groups is 1. The molecule has 4 rings (SSSR count). The molecule has 1 aliphatic heterocycles. The van der Waals surface area contributed by atoms with Gasteiger partial charge in [0.15, 0.2) is 5.82 Å². The van der Waals surface area contributed by atoms with Gasteiger partial charge in [-0.3, -0.25) is 4.79 Å². The van der Waals surface area contributed by atoms with E-state index in [2.05, 4.69) is 21.2 Å². The summed E-state index contributed by atoms with van der Waals surface area (Å²) in [4.78, 5) is 19.5. The molecule has 0 aromatic carbocycles. The van der Waals surface area contributed by atoms with Gasteiger partial charge in [-0.05, 0) is 55.9 Å². The van der Waals surface area contributed by atoms with Crippen LogP contribution < -0.4 is 4.90 Å². The first-order chi connectivity index (χ1) is 11.8. The molecule has 0 N–H and O–H groups in total. The molecule has 0 bridgehead atoms. The Morgan fingerprint density at radius 1 is 1.08 bits per heavy atom. The Bertz CT molecular complexity index is 692. The summed E-state index contributed by atoms with van der Waals surface area (Å²) in [5.74, 6) is 1.11. The number of aromatic nitrogens is 2. The highest BCUT2D eigenvalue weighted by atomic mass is 32.1. The van der Waals surface area contributed by atoms with Gasteiger partial charge in [-0.2, -0.15) is 5.10 Å². The van der Waals surface area contributed by atoms with Gasteiger partial charge >= 0.3 is 0 Å². The first-order valence-corrected chi connectivity index (χ1v) is 9.56. The van der Waals surface area contributed by atoms with Crippen LogP contribution in [0.25, 0.3) is 0 Å². The lowest BCUT2D eigenvalue weighted by Crippen LogP contribution is -2.35. The molecular weight excluding hydrogens is 320 g/mol. The van der Waals surface area contributed by atoms with Crippen molar-refractivity contribution in [2.45, 2.75) is 32.1 Å². The van der Waals surface area contributed by atoms with Crippen molar-refractivity contribution >= 4 is 23.1 Å². The topological polar surface area (TPSA) is 49.3 Å². The van der Waals surface area contributed by atoms with E-state index in [1.807, 2.05) is 17.0 Å². The highest BCUT2D eigenvalue weighted by molar-refractivity contribution is 7.14. The minimum atomic E-state index is 0.204. The third-order valence-corrected chi connectivity index (χ3v) is 6.10. The van der Waals surface area contributed by atoms with E-state index >= 15 is 0 Å². The minimum absolute atomic E-state index is 0.204. The van der Waals surface area contributed by atoms with Gasteiger partial charge < -0.3 is 9.80 Å². The molecule has 1 amide bonds. The molecule has 6 heteroatoms. The van der Waals surface area contributed by atoms with E-state index in [4.69, 9.17) is 0 Å². The largest absolute Gasteiger partial charge is 0.353 e. The average Bonchev–Trinajstić information content (AvgIpc) is 2.91. The van der Waals surface area contributed by atoms with Crippen molar-refractivity contribution in [2.75, 3.05) is 31.1 Å². The van der Waals surface area contributed by atoms with Gasteiger partial charge in [0.2, 0.25) is 0 Å². The number of anilines is 1. The maximum Gasteiger partial charge on any atom is 0.263 e. The molecular formula is C18H22N4OS. The van der Waals surface area contributed by atoms with Crippen LogP contribution in [0.15, 0.2) is 24.4 Å². The van der Waals surface area contributed by atoms with Crippen molar-refractivity contribution in [3.05, 3.63) is 39.7 Å². The summed E-state index contributed by atoms with van der Waals surface area (Å²) in [5, 5.41) is 8.15. The molecule has 0 unspecified atom stereocenters. The molecule has 2 aromatic rings. The van der Waals surface area contributed by atoms with E-state index in [1.54, 1.807) is 17.5 Å². The summed E-state index contributed by atoms with van der Waals surface area (Å²) in [6.45, 7) is 3.30. The Kier molecular flexibility index (Phi) is 4.47. The summed E-state index contributed by atoms with van der Waals surface area (Å²) in [6.07, 6.45) is 7.46. The number of aryl methyl sites for hydroxylation is 2. The van der Waals surface area contributed by atoms with Gasteiger partial charge in [0.1, 0.15) is 0 Å². The van der Waals surface area contributed by atoms with E-state index < -0.39 is 0 Å². The molecule has 1 fully saturated rings. The number of hydrogen-bond acceptors (Lipinski definition) is 5. The summed E-state index contributed by atoms with van der Waals surface area (Å²) < 4.78 is 0. The van der Waals surface area contributed by atoms with E-state index in [-0.39, 0.29) is 5.91 Å². The maximum absolute atomic E-state index is 12.9. The van der Waals surface area contributed by atoms with Gasteiger partial charge in [-0.25, -0.2) is 0 Å². The molecule has 0 saturated carbocycles. The summed E-state index contributed by atoms with van der Waals surface area (Å²) in [7, 11) is 0. The second kappa shape index (κ2) is 6.89. The Hall–Kier alpha value is -1.95. The molecule has 0 radical (unpaired) electrons. The van der Waals surface area contributed by atoms with Crippen LogP contribution in [0.1, 0.15) is 39.4 Å². The second-order valence-electron chi connectivity index (χ2n) is 6.48. The predicted octanol–water partition coefficient (Wildman–Crippen LogP) is 2.77. The van der Waals surface area contributed by atoms with Gasteiger partial charge in [0.25, 0.3) is 5.91 Å². The third-order valence-electron chi connectivity index (χ3n) is 4.87. The predicted molar refractivity (Wildman–Crippen MR) is 95.7 cm³/mol. The van der Waals surface area contributed by atoms with Gasteiger partial charge in [-0.1, -0.05) is 0 Å². The van der Waals surface area contributed by atoms with Crippen LogP contribution in [0, 0.1) is 0 Å². The first-order valence-electron chi connectivity index (χ1n) is 8.75. The SMILES string of the molecule is O=C(c1cc2c(s1)CCCC2)N1CCCN(c2cccnn2)CC1. The number of thiophene rings is 1. The van der Waals surface area contributed by atoms with Crippen molar-refractivity contribution < 1.29 is 4.79 Å². The quantitative estimate of drug-likeness (QED) is 0.842. The first kappa shape index (κ1) is 15.6. The lowest BCUT2D eigenvalue weighted by molar-refractivity contribution is 0.0772. The van der Waals surface area contributed by atoms with Crippen molar-refractivity contribution in [1.29, 1.82) is 0 Å². The minimum Gasteiger partial charge on any atom is -0.353 e. The van der Waals surface area contributed by atoms with E-state index in [0.29, 0.717) is 0 Å². The number of carbonyl (C=O) groups excluding carboxylic acids is 1. The van der Waals surface area contributed by atoms with Crippen LogP contribution in [-0.4, -0.2) is 47.2 Å². The number of nitrogens with zero attached hydrogens (tertiary/aromatic N) is 4.